The van der Waals surface area contributed by atoms with Crippen LogP contribution in [0.3, 0.4) is 0 Å². The molecule has 1 N–H and O–H groups in total. The van der Waals surface area contributed by atoms with Crippen LogP contribution >= 0.6 is 0 Å². The maximum Gasteiger partial charge on any atom is 0.435 e. The lowest BCUT2D eigenvalue weighted by molar-refractivity contribution is -0.141. The fourth-order valence-corrected chi connectivity index (χ4v) is 2.95. The van der Waals surface area contributed by atoms with Gasteiger partial charge < -0.3 is 5.32 Å². The Morgan fingerprint density at radius 2 is 1.79 bits per heavy atom. The minimum Gasteiger partial charge on any atom is -0.351 e. The van der Waals surface area contributed by atoms with Crippen LogP contribution in [0.1, 0.15) is 28.2 Å². The predicted octanol–water partition coefficient (Wildman–Crippen LogP) is 4.61. The van der Waals surface area contributed by atoms with Gasteiger partial charge in [0.15, 0.2) is 5.69 Å². The molecule has 0 atom stereocenters. The number of carbonyl (C=O) groups excluding carboxylic acids is 1. The van der Waals surface area contributed by atoms with Crippen molar-refractivity contribution in [3.8, 4) is 11.1 Å². The molecule has 4 nitrogen and oxygen atoms in total. The zero-order valence-electron chi connectivity index (χ0n) is 15.6. The van der Waals surface area contributed by atoms with E-state index in [2.05, 4.69) is 10.4 Å². The fraction of sp³-hybridized carbons (Fsp3) is 0.238. The number of nitrogens with one attached hydrogen (secondary N) is 1. The monoisotopic (exact) mass is 405 g/mol. The number of carbonyl (C=O) groups is 1. The Morgan fingerprint density at radius 3 is 2.41 bits per heavy atom. The molecule has 1 aromatic heterocycles. The van der Waals surface area contributed by atoms with Crippen molar-refractivity contribution in [3.63, 3.8) is 0 Å². The lowest BCUT2D eigenvalue weighted by atomic mass is 10.0. The SMILES string of the molecule is Cn1nc(C(F)(F)F)cc1C(=O)NCCCc1ccc(-c2ccccc2F)cc1. The van der Waals surface area contributed by atoms with Crippen molar-refractivity contribution in [2.45, 2.75) is 19.0 Å². The average Bonchev–Trinajstić information content (AvgIpc) is 3.08. The van der Waals surface area contributed by atoms with Crippen molar-refractivity contribution in [1.29, 1.82) is 0 Å². The van der Waals surface area contributed by atoms with Crippen LogP contribution in [0.2, 0.25) is 0 Å². The highest BCUT2D eigenvalue weighted by Crippen LogP contribution is 2.28. The van der Waals surface area contributed by atoms with E-state index in [0.29, 0.717) is 24.9 Å². The third-order valence-corrected chi connectivity index (χ3v) is 4.47. The first-order valence-electron chi connectivity index (χ1n) is 8.99. The van der Waals surface area contributed by atoms with Gasteiger partial charge in [-0.1, -0.05) is 42.5 Å². The van der Waals surface area contributed by atoms with Gasteiger partial charge in [0.2, 0.25) is 0 Å². The first-order chi connectivity index (χ1) is 13.8. The number of hydrogen-bond donors (Lipinski definition) is 1. The highest BCUT2D eigenvalue weighted by atomic mass is 19.4. The summed E-state index contributed by atoms with van der Waals surface area (Å²) < 4.78 is 52.8. The molecule has 1 heterocycles. The Hall–Kier alpha value is -3.16. The van der Waals surface area contributed by atoms with Crippen LogP contribution in [0.25, 0.3) is 11.1 Å². The van der Waals surface area contributed by atoms with Gasteiger partial charge in [-0.3, -0.25) is 9.48 Å². The summed E-state index contributed by atoms with van der Waals surface area (Å²) in [6.45, 7) is 0.306. The van der Waals surface area contributed by atoms with Gasteiger partial charge in [0.05, 0.1) is 0 Å². The zero-order chi connectivity index (χ0) is 21.0. The van der Waals surface area contributed by atoms with Gasteiger partial charge in [-0.15, -0.1) is 0 Å². The molecule has 0 aliphatic carbocycles. The highest BCUT2D eigenvalue weighted by Gasteiger charge is 2.35. The molecule has 0 unspecified atom stereocenters. The van der Waals surface area contributed by atoms with Gasteiger partial charge in [0.25, 0.3) is 5.91 Å². The molecule has 3 rings (SSSR count). The van der Waals surface area contributed by atoms with Crippen LogP contribution in [-0.2, 0) is 19.6 Å². The summed E-state index contributed by atoms with van der Waals surface area (Å²) in [4.78, 5) is 12.1. The predicted molar refractivity (Wildman–Crippen MR) is 101 cm³/mol. The van der Waals surface area contributed by atoms with Crippen molar-refractivity contribution in [3.05, 3.63) is 77.4 Å². The summed E-state index contributed by atoms with van der Waals surface area (Å²) in [5.41, 5.74) is 1.07. The molecular weight excluding hydrogens is 386 g/mol. The van der Waals surface area contributed by atoms with Gasteiger partial charge in [-0.25, -0.2) is 4.39 Å². The van der Waals surface area contributed by atoms with Gasteiger partial charge in [0, 0.05) is 25.2 Å². The maximum absolute atomic E-state index is 13.8. The molecule has 152 valence electrons. The Balaban J connectivity index is 1.51. The average molecular weight is 405 g/mol. The van der Waals surface area contributed by atoms with Gasteiger partial charge in [0.1, 0.15) is 11.5 Å². The Morgan fingerprint density at radius 1 is 1.10 bits per heavy atom. The van der Waals surface area contributed by atoms with Gasteiger partial charge in [-0.05, 0) is 30.0 Å². The van der Waals surface area contributed by atoms with E-state index in [1.807, 2.05) is 24.3 Å². The first kappa shape index (κ1) is 20.6. The van der Waals surface area contributed by atoms with E-state index >= 15 is 0 Å². The normalized spacial score (nSPS) is 11.5. The van der Waals surface area contributed by atoms with E-state index in [-0.39, 0.29) is 11.5 Å². The Kier molecular flexibility index (Phi) is 6.00. The molecule has 0 saturated carbocycles. The lowest BCUT2D eigenvalue weighted by Crippen LogP contribution is -2.26. The van der Waals surface area contributed by atoms with Crippen LogP contribution in [-0.4, -0.2) is 22.2 Å². The molecule has 8 heteroatoms. The van der Waals surface area contributed by atoms with E-state index in [9.17, 15) is 22.4 Å². The maximum atomic E-state index is 13.8. The summed E-state index contributed by atoms with van der Waals surface area (Å²) in [5.74, 6) is -0.891. The molecular formula is C21H19F4N3O. The molecule has 0 fully saturated rings. The molecule has 3 aromatic rings. The van der Waals surface area contributed by atoms with Crippen molar-refractivity contribution >= 4 is 5.91 Å². The second-order valence-electron chi connectivity index (χ2n) is 6.57. The number of alkyl halides is 3. The third-order valence-electron chi connectivity index (χ3n) is 4.47. The number of aromatic nitrogens is 2. The summed E-state index contributed by atoms with van der Waals surface area (Å²) in [6.07, 6.45) is -3.32. The van der Waals surface area contributed by atoms with Crippen LogP contribution < -0.4 is 5.32 Å². The smallest absolute Gasteiger partial charge is 0.351 e. The van der Waals surface area contributed by atoms with Gasteiger partial charge in [-0.2, -0.15) is 18.3 Å². The van der Waals surface area contributed by atoms with Crippen LogP contribution in [0.5, 0.6) is 0 Å². The number of hydrogen-bond acceptors (Lipinski definition) is 2. The molecule has 29 heavy (non-hydrogen) atoms. The van der Waals surface area contributed by atoms with Crippen LogP contribution in [0.15, 0.2) is 54.6 Å². The molecule has 1 amide bonds. The van der Waals surface area contributed by atoms with Gasteiger partial charge >= 0.3 is 6.18 Å². The summed E-state index contributed by atoms with van der Waals surface area (Å²) in [7, 11) is 1.29. The molecule has 0 saturated heterocycles. The summed E-state index contributed by atoms with van der Waals surface area (Å²) in [6, 6.07) is 14.7. The van der Waals surface area contributed by atoms with E-state index < -0.39 is 17.8 Å². The largest absolute Gasteiger partial charge is 0.435 e. The van der Waals surface area contributed by atoms with E-state index in [1.165, 1.54) is 13.1 Å². The standard InChI is InChI=1S/C21H19F4N3O/c1-28-18(13-19(27-28)21(23,24)25)20(29)26-12-4-5-14-8-10-15(11-9-14)16-6-2-3-7-17(16)22/h2-3,6-11,13H,4-5,12H2,1H3,(H,26,29). The van der Waals surface area contributed by atoms with Crippen LogP contribution in [0.4, 0.5) is 17.6 Å². The molecule has 0 bridgehead atoms. The second-order valence-corrected chi connectivity index (χ2v) is 6.57. The van der Waals surface area contributed by atoms with Crippen LogP contribution in [0, 0.1) is 5.82 Å². The Labute approximate surface area is 165 Å². The molecule has 0 radical (unpaired) electrons. The first-order valence-corrected chi connectivity index (χ1v) is 8.99. The fourth-order valence-electron chi connectivity index (χ4n) is 2.95. The van der Waals surface area contributed by atoms with E-state index in [0.717, 1.165) is 21.9 Å². The number of benzene rings is 2. The second kappa shape index (κ2) is 8.46. The number of nitrogens with zero attached hydrogens (tertiary/aromatic N) is 2. The molecule has 2 aromatic carbocycles. The minimum atomic E-state index is -4.59. The van der Waals surface area contributed by atoms with Crippen molar-refractivity contribution in [2.24, 2.45) is 7.05 Å². The number of aryl methyl sites for hydroxylation is 2. The van der Waals surface area contributed by atoms with E-state index in [1.54, 1.807) is 18.2 Å². The zero-order valence-corrected chi connectivity index (χ0v) is 15.6. The highest BCUT2D eigenvalue weighted by molar-refractivity contribution is 5.92. The van der Waals surface area contributed by atoms with Crippen molar-refractivity contribution in [1.82, 2.24) is 15.1 Å². The molecule has 0 aliphatic rings. The van der Waals surface area contributed by atoms with Crippen molar-refractivity contribution in [2.75, 3.05) is 6.54 Å². The quantitative estimate of drug-likeness (QED) is 0.481. The molecule has 0 aliphatic heterocycles. The minimum absolute atomic E-state index is 0.147. The summed E-state index contributed by atoms with van der Waals surface area (Å²) >= 11 is 0. The van der Waals surface area contributed by atoms with E-state index in [4.69, 9.17) is 0 Å². The number of halogens is 4. The number of rotatable bonds is 6. The number of amides is 1. The van der Waals surface area contributed by atoms with Crippen molar-refractivity contribution < 1.29 is 22.4 Å². The topological polar surface area (TPSA) is 46.9 Å². The third kappa shape index (κ3) is 5.01. The Bertz CT molecular complexity index is 994. The molecule has 0 spiro atoms. The lowest BCUT2D eigenvalue weighted by Gasteiger charge is -2.07. The summed E-state index contributed by atoms with van der Waals surface area (Å²) in [5, 5.41) is 5.93.